The lowest BCUT2D eigenvalue weighted by Crippen LogP contribution is -2.12. The second-order valence-corrected chi connectivity index (χ2v) is 5.12. The molecule has 8 heteroatoms. The number of nitrogens with one attached hydrogen (secondary N) is 1. The number of carbonyl (C=O) groups excluding carboxylic acids is 1. The minimum atomic E-state index is -0.657. The van der Waals surface area contributed by atoms with Crippen molar-refractivity contribution in [3.8, 4) is 5.75 Å². The Morgan fingerprint density at radius 3 is 2.71 bits per heavy atom. The van der Waals surface area contributed by atoms with Crippen molar-refractivity contribution >= 4 is 28.9 Å². The quantitative estimate of drug-likeness (QED) is 0.355. The average molecular weight is 351 g/mol. The van der Waals surface area contributed by atoms with Gasteiger partial charge in [-0.25, -0.2) is 4.79 Å². The molecule has 24 heavy (non-hydrogen) atoms. The van der Waals surface area contributed by atoms with Crippen molar-refractivity contribution in [2.24, 2.45) is 0 Å². The molecule has 0 saturated carbocycles. The lowest BCUT2D eigenvalue weighted by molar-refractivity contribution is -0.384. The van der Waals surface area contributed by atoms with Gasteiger partial charge >= 0.3 is 5.97 Å². The van der Waals surface area contributed by atoms with Gasteiger partial charge in [0.05, 0.1) is 10.5 Å². The van der Waals surface area contributed by atoms with Crippen LogP contribution in [0.25, 0.3) is 0 Å². The molecule has 2 rings (SSSR count). The van der Waals surface area contributed by atoms with Crippen LogP contribution in [0.15, 0.2) is 42.5 Å². The molecule has 0 heterocycles. The largest absolute Gasteiger partial charge is 0.490 e. The van der Waals surface area contributed by atoms with E-state index in [1.807, 2.05) is 0 Å². The first-order valence-corrected chi connectivity index (χ1v) is 7.40. The van der Waals surface area contributed by atoms with Crippen LogP contribution in [-0.4, -0.2) is 31.2 Å². The molecule has 2 aromatic rings. The van der Waals surface area contributed by atoms with Crippen LogP contribution >= 0.6 is 11.6 Å². The summed E-state index contributed by atoms with van der Waals surface area (Å²) in [6.45, 7) is 0.149. The second-order valence-electron chi connectivity index (χ2n) is 4.68. The Morgan fingerprint density at radius 2 is 2.04 bits per heavy atom. The molecule has 0 aliphatic rings. The van der Waals surface area contributed by atoms with Gasteiger partial charge in [-0.1, -0.05) is 17.7 Å². The van der Waals surface area contributed by atoms with E-state index < -0.39 is 10.9 Å². The molecule has 0 fully saturated rings. The van der Waals surface area contributed by atoms with Crippen LogP contribution in [-0.2, 0) is 4.74 Å². The number of hydrogen-bond acceptors (Lipinski definition) is 6. The minimum Gasteiger partial charge on any atom is -0.490 e. The SMILES string of the molecule is CNc1ccc(C(=O)OCCOc2cccc(Cl)c2)cc1[N+](=O)[O-]. The molecule has 2 aromatic carbocycles. The summed E-state index contributed by atoms with van der Waals surface area (Å²) in [5.41, 5.74) is 0.228. The van der Waals surface area contributed by atoms with Gasteiger partial charge in [-0.3, -0.25) is 10.1 Å². The molecule has 0 amide bonds. The number of halogens is 1. The van der Waals surface area contributed by atoms with Crippen LogP contribution < -0.4 is 10.1 Å². The van der Waals surface area contributed by atoms with E-state index in [1.165, 1.54) is 18.2 Å². The molecule has 0 spiro atoms. The summed E-state index contributed by atoms with van der Waals surface area (Å²) in [5, 5.41) is 14.2. The number of carbonyl (C=O) groups is 1. The van der Waals surface area contributed by atoms with Crippen LogP contribution in [0.4, 0.5) is 11.4 Å². The van der Waals surface area contributed by atoms with Crippen LogP contribution in [0.2, 0.25) is 5.02 Å². The summed E-state index contributed by atoms with van der Waals surface area (Å²) >= 11 is 5.83. The first kappa shape index (κ1) is 17.6. The molecule has 0 aromatic heterocycles. The summed E-state index contributed by atoms with van der Waals surface area (Å²) in [6, 6.07) is 10.9. The first-order chi connectivity index (χ1) is 11.5. The van der Waals surface area contributed by atoms with Crippen LogP contribution in [0.5, 0.6) is 5.75 Å². The highest BCUT2D eigenvalue weighted by atomic mass is 35.5. The zero-order valence-corrected chi connectivity index (χ0v) is 13.6. The number of nitro groups is 1. The molecular formula is C16H15ClN2O5. The van der Waals surface area contributed by atoms with Crippen molar-refractivity contribution in [3.63, 3.8) is 0 Å². The van der Waals surface area contributed by atoms with E-state index >= 15 is 0 Å². The third-order valence-corrected chi connectivity index (χ3v) is 3.32. The molecule has 7 nitrogen and oxygen atoms in total. The maximum Gasteiger partial charge on any atom is 0.338 e. The number of ether oxygens (including phenoxy) is 2. The highest BCUT2D eigenvalue weighted by Crippen LogP contribution is 2.25. The van der Waals surface area contributed by atoms with E-state index in [0.717, 1.165) is 0 Å². The maximum absolute atomic E-state index is 11.9. The Hall–Kier alpha value is -2.80. The third kappa shape index (κ3) is 4.60. The summed E-state index contributed by atoms with van der Waals surface area (Å²) in [7, 11) is 1.56. The topological polar surface area (TPSA) is 90.7 Å². The molecule has 0 aliphatic carbocycles. The fourth-order valence-corrected chi connectivity index (χ4v) is 2.14. The number of anilines is 1. The van der Waals surface area contributed by atoms with Gasteiger partial charge in [-0.05, 0) is 30.3 Å². The van der Waals surface area contributed by atoms with E-state index in [2.05, 4.69) is 5.32 Å². The molecule has 0 unspecified atom stereocenters. The van der Waals surface area contributed by atoms with E-state index in [0.29, 0.717) is 16.5 Å². The predicted octanol–water partition coefficient (Wildman–Crippen LogP) is 3.53. The van der Waals surface area contributed by atoms with E-state index in [4.69, 9.17) is 21.1 Å². The number of rotatable bonds is 7. The molecule has 1 N–H and O–H groups in total. The monoisotopic (exact) mass is 350 g/mol. The minimum absolute atomic E-state index is 0.00687. The van der Waals surface area contributed by atoms with Crippen LogP contribution in [0.3, 0.4) is 0 Å². The van der Waals surface area contributed by atoms with Gasteiger partial charge in [0, 0.05) is 18.1 Å². The van der Waals surface area contributed by atoms with Gasteiger partial charge in [0.1, 0.15) is 24.7 Å². The average Bonchev–Trinajstić information content (AvgIpc) is 2.58. The summed E-state index contributed by atoms with van der Waals surface area (Å²) in [4.78, 5) is 22.4. The Morgan fingerprint density at radius 1 is 1.25 bits per heavy atom. The zero-order chi connectivity index (χ0) is 17.5. The van der Waals surface area contributed by atoms with Crippen molar-refractivity contribution in [1.29, 1.82) is 0 Å². The van der Waals surface area contributed by atoms with Crippen molar-refractivity contribution < 1.29 is 19.2 Å². The Balaban J connectivity index is 1.90. The van der Waals surface area contributed by atoms with Gasteiger partial charge < -0.3 is 14.8 Å². The standard InChI is InChI=1S/C16H15ClN2O5/c1-18-14-6-5-11(9-15(14)19(21)22)16(20)24-8-7-23-13-4-2-3-12(17)10-13/h2-6,9-10,18H,7-8H2,1H3. The van der Waals surface area contributed by atoms with Crippen LogP contribution in [0.1, 0.15) is 10.4 Å². The Labute approximate surface area is 143 Å². The molecular weight excluding hydrogens is 336 g/mol. The fraction of sp³-hybridized carbons (Fsp3) is 0.188. The molecule has 0 atom stereocenters. The highest BCUT2D eigenvalue weighted by Gasteiger charge is 2.17. The van der Waals surface area contributed by atoms with Crippen molar-refractivity contribution in [2.75, 3.05) is 25.6 Å². The number of nitrogens with zero attached hydrogens (tertiary/aromatic N) is 1. The summed E-state index contributed by atoms with van der Waals surface area (Å²) in [5.74, 6) is -0.0944. The van der Waals surface area contributed by atoms with Crippen molar-refractivity contribution in [2.45, 2.75) is 0 Å². The van der Waals surface area contributed by atoms with E-state index in [9.17, 15) is 14.9 Å². The third-order valence-electron chi connectivity index (χ3n) is 3.08. The lowest BCUT2D eigenvalue weighted by atomic mass is 10.1. The summed E-state index contributed by atoms with van der Waals surface area (Å²) in [6.07, 6.45) is 0. The fourth-order valence-electron chi connectivity index (χ4n) is 1.96. The smallest absolute Gasteiger partial charge is 0.338 e. The van der Waals surface area contributed by atoms with E-state index in [-0.39, 0.29) is 24.5 Å². The Bertz CT molecular complexity index is 751. The zero-order valence-electron chi connectivity index (χ0n) is 12.8. The van der Waals surface area contributed by atoms with Gasteiger partial charge in [0.25, 0.3) is 5.69 Å². The number of benzene rings is 2. The lowest BCUT2D eigenvalue weighted by Gasteiger charge is -2.08. The molecule has 126 valence electrons. The van der Waals surface area contributed by atoms with Crippen molar-refractivity contribution in [3.05, 3.63) is 63.2 Å². The van der Waals surface area contributed by atoms with Gasteiger partial charge in [-0.2, -0.15) is 0 Å². The summed E-state index contributed by atoms with van der Waals surface area (Å²) < 4.78 is 10.4. The molecule has 0 saturated heterocycles. The predicted molar refractivity (Wildman–Crippen MR) is 89.9 cm³/mol. The molecule has 0 bridgehead atoms. The first-order valence-electron chi connectivity index (χ1n) is 7.03. The number of hydrogen-bond donors (Lipinski definition) is 1. The van der Waals surface area contributed by atoms with Crippen molar-refractivity contribution in [1.82, 2.24) is 0 Å². The van der Waals surface area contributed by atoms with Gasteiger partial charge in [-0.15, -0.1) is 0 Å². The van der Waals surface area contributed by atoms with Gasteiger partial charge in [0.2, 0.25) is 0 Å². The molecule has 0 aliphatic heterocycles. The number of esters is 1. The maximum atomic E-state index is 11.9. The Kier molecular flexibility index (Phi) is 5.97. The number of nitro benzene ring substituents is 1. The molecule has 0 radical (unpaired) electrons. The second kappa shape index (κ2) is 8.16. The van der Waals surface area contributed by atoms with E-state index in [1.54, 1.807) is 31.3 Å². The highest BCUT2D eigenvalue weighted by molar-refractivity contribution is 6.30. The van der Waals surface area contributed by atoms with Crippen LogP contribution in [0, 0.1) is 10.1 Å². The van der Waals surface area contributed by atoms with Gasteiger partial charge in [0.15, 0.2) is 0 Å². The normalized spacial score (nSPS) is 10.1.